The van der Waals surface area contributed by atoms with Crippen LogP contribution in [0.25, 0.3) is 12.2 Å². The zero-order valence-electron chi connectivity index (χ0n) is 13.0. The molecule has 0 atom stereocenters. The smallest absolute Gasteiger partial charge is 0.231 e. The number of thioether (sulfide) groups is 1. The molecule has 2 N–H and O–H groups in total. The summed E-state index contributed by atoms with van der Waals surface area (Å²) in [6.45, 7) is 0. The summed E-state index contributed by atoms with van der Waals surface area (Å²) in [4.78, 5) is 17.5. The van der Waals surface area contributed by atoms with Crippen LogP contribution in [0.15, 0.2) is 22.7 Å². The summed E-state index contributed by atoms with van der Waals surface area (Å²) in [6.07, 6.45) is 7.26. The van der Waals surface area contributed by atoms with Gasteiger partial charge in [0.1, 0.15) is 11.4 Å². The topological polar surface area (TPSA) is 94.5 Å². The van der Waals surface area contributed by atoms with E-state index >= 15 is 0 Å². The van der Waals surface area contributed by atoms with E-state index in [4.69, 9.17) is 0 Å². The number of H-pyrrole nitrogens is 1. The summed E-state index contributed by atoms with van der Waals surface area (Å²) >= 11 is 2.91. The van der Waals surface area contributed by atoms with Crippen molar-refractivity contribution in [3.63, 3.8) is 0 Å². The summed E-state index contributed by atoms with van der Waals surface area (Å²) in [5, 5.41) is 21.6. The molecule has 124 valence electrons. The van der Waals surface area contributed by atoms with Gasteiger partial charge in [0.15, 0.2) is 0 Å². The molecule has 2 aromatic rings. The minimum absolute atomic E-state index is 0.149. The second-order valence-electron chi connectivity index (χ2n) is 5.59. The molecule has 3 rings (SSSR count). The first-order valence-electron chi connectivity index (χ1n) is 7.68. The third kappa shape index (κ3) is 4.24. The van der Waals surface area contributed by atoms with E-state index in [0.717, 1.165) is 30.6 Å². The lowest BCUT2D eigenvalue weighted by atomic mass is 10.0. The van der Waals surface area contributed by atoms with E-state index in [0.29, 0.717) is 11.0 Å². The molecular weight excluding hydrogens is 342 g/mol. The SMILES string of the molecule is N#CC1(NC(=O)CSc2n[nH]c(C=Cc3cccs3)n2)CCCC1. The predicted octanol–water partition coefficient (Wildman–Crippen LogP) is 3.08. The van der Waals surface area contributed by atoms with Gasteiger partial charge in [-0.3, -0.25) is 9.89 Å². The number of rotatable bonds is 6. The first kappa shape index (κ1) is 16.7. The van der Waals surface area contributed by atoms with E-state index in [2.05, 4.69) is 26.6 Å². The largest absolute Gasteiger partial charge is 0.337 e. The Kier molecular flexibility index (Phi) is 5.33. The Hall–Kier alpha value is -2.11. The van der Waals surface area contributed by atoms with Crippen molar-refractivity contribution in [2.24, 2.45) is 0 Å². The summed E-state index contributed by atoms with van der Waals surface area (Å²) in [6, 6.07) is 6.26. The third-order valence-corrected chi connectivity index (χ3v) is 5.50. The van der Waals surface area contributed by atoms with Crippen LogP contribution in [-0.4, -0.2) is 32.4 Å². The van der Waals surface area contributed by atoms with Gasteiger partial charge >= 0.3 is 0 Å². The highest BCUT2D eigenvalue weighted by atomic mass is 32.2. The van der Waals surface area contributed by atoms with Gasteiger partial charge in [0.2, 0.25) is 11.1 Å². The Labute approximate surface area is 148 Å². The second kappa shape index (κ2) is 7.64. The monoisotopic (exact) mass is 359 g/mol. The van der Waals surface area contributed by atoms with Crippen molar-refractivity contribution < 1.29 is 4.79 Å². The average Bonchev–Trinajstić information content (AvgIpc) is 3.33. The van der Waals surface area contributed by atoms with Crippen molar-refractivity contribution in [2.45, 2.75) is 36.4 Å². The lowest BCUT2D eigenvalue weighted by Crippen LogP contribution is -2.45. The average molecular weight is 359 g/mol. The van der Waals surface area contributed by atoms with Gasteiger partial charge in [0, 0.05) is 4.88 Å². The lowest BCUT2D eigenvalue weighted by Gasteiger charge is -2.21. The van der Waals surface area contributed by atoms with Gasteiger partial charge in [-0.2, -0.15) is 5.26 Å². The van der Waals surface area contributed by atoms with Crippen LogP contribution < -0.4 is 5.32 Å². The van der Waals surface area contributed by atoms with Gasteiger partial charge in [-0.05, 0) is 49.3 Å². The molecule has 2 heterocycles. The number of aromatic amines is 1. The number of nitrogens with one attached hydrogen (secondary N) is 2. The molecule has 1 aliphatic carbocycles. The van der Waals surface area contributed by atoms with Crippen molar-refractivity contribution in [3.05, 3.63) is 28.2 Å². The number of amides is 1. The van der Waals surface area contributed by atoms with E-state index in [1.807, 2.05) is 29.7 Å². The maximum absolute atomic E-state index is 12.1. The van der Waals surface area contributed by atoms with Crippen LogP contribution in [0.2, 0.25) is 0 Å². The molecule has 0 aliphatic heterocycles. The molecule has 0 unspecified atom stereocenters. The molecule has 6 nitrogen and oxygen atoms in total. The molecule has 0 bridgehead atoms. The summed E-state index contributed by atoms with van der Waals surface area (Å²) < 4.78 is 0. The maximum atomic E-state index is 12.1. The highest BCUT2D eigenvalue weighted by Gasteiger charge is 2.35. The normalized spacial score (nSPS) is 16.3. The minimum Gasteiger partial charge on any atom is -0.337 e. The standard InChI is InChI=1S/C16H17N5OS2/c17-11-16(7-1-2-8-16)19-14(22)10-24-15-18-13(20-21-15)6-5-12-4-3-9-23-12/h3-6,9H,1-2,7-8,10H2,(H,19,22)(H,18,20,21). The van der Waals surface area contributed by atoms with E-state index in [1.165, 1.54) is 11.8 Å². The third-order valence-electron chi connectivity index (χ3n) is 3.81. The molecule has 2 aromatic heterocycles. The molecule has 1 saturated carbocycles. The van der Waals surface area contributed by atoms with E-state index in [-0.39, 0.29) is 11.7 Å². The van der Waals surface area contributed by atoms with E-state index in [1.54, 1.807) is 11.3 Å². The summed E-state index contributed by atoms with van der Waals surface area (Å²) in [5.41, 5.74) is -0.675. The predicted molar refractivity (Wildman–Crippen MR) is 95.3 cm³/mol. The van der Waals surface area contributed by atoms with Crippen LogP contribution in [-0.2, 0) is 4.79 Å². The van der Waals surface area contributed by atoms with Gasteiger partial charge in [-0.1, -0.05) is 17.8 Å². The fourth-order valence-corrected chi connectivity index (χ4v) is 3.84. The van der Waals surface area contributed by atoms with Gasteiger partial charge in [-0.15, -0.1) is 16.4 Å². The van der Waals surface area contributed by atoms with Crippen molar-refractivity contribution in [2.75, 3.05) is 5.75 Å². The number of thiophene rings is 1. The zero-order chi connectivity index (χ0) is 16.8. The maximum Gasteiger partial charge on any atom is 0.231 e. The quantitative estimate of drug-likeness (QED) is 0.773. The van der Waals surface area contributed by atoms with Gasteiger partial charge in [-0.25, -0.2) is 4.98 Å². The van der Waals surface area contributed by atoms with Crippen molar-refractivity contribution in [1.29, 1.82) is 5.26 Å². The van der Waals surface area contributed by atoms with Crippen molar-refractivity contribution in [3.8, 4) is 6.07 Å². The molecule has 1 aliphatic rings. The Morgan fingerprint density at radius 3 is 3.04 bits per heavy atom. The number of hydrogen-bond donors (Lipinski definition) is 2. The molecule has 8 heteroatoms. The Balaban J connectivity index is 1.50. The first-order chi connectivity index (χ1) is 11.7. The molecular formula is C16H17N5OS2. The number of aromatic nitrogens is 3. The molecule has 0 spiro atoms. The van der Waals surface area contributed by atoms with E-state index in [9.17, 15) is 10.1 Å². The summed E-state index contributed by atoms with van der Waals surface area (Å²) in [5.74, 6) is 0.703. The highest BCUT2D eigenvalue weighted by molar-refractivity contribution is 7.99. The molecule has 0 radical (unpaired) electrons. The van der Waals surface area contributed by atoms with Gasteiger partial charge in [0.05, 0.1) is 11.8 Å². The molecule has 1 amide bonds. The van der Waals surface area contributed by atoms with Crippen LogP contribution in [0, 0.1) is 11.3 Å². The van der Waals surface area contributed by atoms with Crippen molar-refractivity contribution in [1.82, 2.24) is 20.5 Å². The lowest BCUT2D eigenvalue weighted by molar-refractivity contribution is -0.119. The number of nitriles is 1. The van der Waals surface area contributed by atoms with Crippen LogP contribution in [0.4, 0.5) is 0 Å². The Bertz CT molecular complexity index is 754. The van der Waals surface area contributed by atoms with Crippen LogP contribution in [0.1, 0.15) is 36.4 Å². The fourth-order valence-electron chi connectivity index (χ4n) is 2.62. The fraction of sp³-hybridized carbons (Fsp3) is 0.375. The van der Waals surface area contributed by atoms with E-state index < -0.39 is 5.54 Å². The number of carbonyl (C=O) groups is 1. The Morgan fingerprint density at radius 1 is 1.50 bits per heavy atom. The number of carbonyl (C=O) groups excluding carboxylic acids is 1. The molecule has 24 heavy (non-hydrogen) atoms. The molecule has 1 fully saturated rings. The first-order valence-corrected chi connectivity index (χ1v) is 9.55. The van der Waals surface area contributed by atoms with Crippen LogP contribution >= 0.6 is 23.1 Å². The van der Waals surface area contributed by atoms with Gasteiger partial charge < -0.3 is 5.32 Å². The Morgan fingerprint density at radius 2 is 2.33 bits per heavy atom. The van der Waals surface area contributed by atoms with Crippen LogP contribution in [0.5, 0.6) is 0 Å². The molecule has 0 aromatic carbocycles. The van der Waals surface area contributed by atoms with Crippen LogP contribution in [0.3, 0.4) is 0 Å². The molecule has 0 saturated heterocycles. The van der Waals surface area contributed by atoms with Gasteiger partial charge in [0.25, 0.3) is 0 Å². The number of nitrogens with zero attached hydrogens (tertiary/aromatic N) is 3. The number of hydrogen-bond acceptors (Lipinski definition) is 6. The highest BCUT2D eigenvalue weighted by Crippen LogP contribution is 2.29. The summed E-state index contributed by atoms with van der Waals surface area (Å²) in [7, 11) is 0. The van der Waals surface area contributed by atoms with Crippen molar-refractivity contribution >= 4 is 41.2 Å². The minimum atomic E-state index is -0.675. The zero-order valence-corrected chi connectivity index (χ0v) is 14.6. The second-order valence-corrected chi connectivity index (χ2v) is 7.51.